The molecule has 8 heavy (non-hydrogen) atoms. The van der Waals surface area contributed by atoms with Gasteiger partial charge in [-0.1, -0.05) is 15.9 Å². The molecule has 0 aromatic heterocycles. The third-order valence-corrected chi connectivity index (χ3v) is 1.25. The van der Waals surface area contributed by atoms with Gasteiger partial charge in [0.25, 0.3) is 0 Å². The summed E-state index contributed by atoms with van der Waals surface area (Å²) < 4.78 is 0. The van der Waals surface area contributed by atoms with Crippen LogP contribution in [0.5, 0.6) is 0 Å². The largest absolute Gasteiger partial charge is 0.264 e. The molecular formula is C3H5BrNO3. The van der Waals surface area contributed by atoms with Gasteiger partial charge in [0.05, 0.1) is 0 Å². The Labute approximate surface area is 54.8 Å². The lowest BCUT2D eigenvalue weighted by Gasteiger charge is -1.93. The fraction of sp³-hybridized carbons (Fsp3) is 1.00. The van der Waals surface area contributed by atoms with Crippen molar-refractivity contribution in [2.24, 2.45) is 0 Å². The first-order valence-corrected chi connectivity index (χ1v) is 3.12. The van der Waals surface area contributed by atoms with Crippen LogP contribution in [0.1, 0.15) is 0 Å². The fourth-order valence-corrected chi connectivity index (χ4v) is 0.420. The lowest BCUT2D eigenvalue weighted by Crippen LogP contribution is -2.18. The van der Waals surface area contributed by atoms with Crippen LogP contribution in [0.2, 0.25) is 0 Å². The van der Waals surface area contributed by atoms with Crippen LogP contribution >= 0.6 is 15.9 Å². The molecule has 0 saturated carbocycles. The van der Waals surface area contributed by atoms with E-state index in [9.17, 15) is 15.2 Å². The molecule has 0 bridgehead atoms. The summed E-state index contributed by atoms with van der Waals surface area (Å²) in [7, 11) is 0. The Bertz CT molecular complexity index is 86.6. The lowest BCUT2D eigenvalue weighted by atomic mass is 10.4. The highest BCUT2D eigenvalue weighted by Crippen LogP contribution is 1.89. The van der Waals surface area contributed by atoms with Crippen molar-refractivity contribution in [2.45, 2.75) is 6.10 Å². The van der Waals surface area contributed by atoms with Gasteiger partial charge in [0.15, 0.2) is 6.10 Å². The van der Waals surface area contributed by atoms with Crippen molar-refractivity contribution in [1.29, 1.82) is 0 Å². The zero-order chi connectivity index (χ0) is 6.57. The first-order valence-electron chi connectivity index (χ1n) is 2.00. The summed E-state index contributed by atoms with van der Waals surface area (Å²) in [4.78, 5) is 8.94. The summed E-state index contributed by atoms with van der Waals surface area (Å²) in [6.07, 6.45) is -1.11. The Morgan fingerprint density at radius 1 is 1.75 bits per heavy atom. The van der Waals surface area contributed by atoms with Crippen molar-refractivity contribution in [3.8, 4) is 0 Å². The number of halogens is 1. The van der Waals surface area contributed by atoms with Gasteiger partial charge in [0, 0.05) is 10.3 Å². The van der Waals surface area contributed by atoms with Crippen molar-refractivity contribution >= 4 is 15.9 Å². The lowest BCUT2D eigenvalue weighted by molar-refractivity contribution is -0.491. The van der Waals surface area contributed by atoms with Gasteiger partial charge in [-0.15, -0.1) is 0 Å². The van der Waals surface area contributed by atoms with Crippen LogP contribution in [0.25, 0.3) is 0 Å². The van der Waals surface area contributed by atoms with Crippen LogP contribution in [-0.4, -0.2) is 22.9 Å². The second kappa shape index (κ2) is 3.80. The molecule has 0 aromatic carbocycles. The number of nitro groups is 1. The van der Waals surface area contributed by atoms with Gasteiger partial charge < -0.3 is 0 Å². The maximum Gasteiger partial charge on any atom is 0.233 e. The van der Waals surface area contributed by atoms with Crippen molar-refractivity contribution in [2.75, 3.05) is 11.9 Å². The SMILES string of the molecule is [O]C(CBr)C[N+](=O)[O-]. The summed E-state index contributed by atoms with van der Waals surface area (Å²) in [6, 6.07) is 0. The molecule has 0 fully saturated rings. The Hall–Kier alpha value is -0.160. The molecule has 1 unspecified atom stereocenters. The maximum atomic E-state index is 10.2. The molecular weight excluding hydrogens is 178 g/mol. The van der Waals surface area contributed by atoms with Gasteiger partial charge in [0.2, 0.25) is 6.54 Å². The molecule has 0 saturated heterocycles. The molecule has 0 spiro atoms. The van der Waals surface area contributed by atoms with E-state index in [0.29, 0.717) is 0 Å². The van der Waals surface area contributed by atoms with Gasteiger partial charge >= 0.3 is 0 Å². The molecule has 0 heterocycles. The minimum atomic E-state index is -1.11. The van der Waals surface area contributed by atoms with E-state index in [2.05, 4.69) is 15.9 Å². The Morgan fingerprint density at radius 2 is 2.25 bits per heavy atom. The topological polar surface area (TPSA) is 63.0 Å². The third kappa shape index (κ3) is 4.01. The molecule has 0 aliphatic rings. The molecule has 0 N–H and O–H groups in total. The van der Waals surface area contributed by atoms with Gasteiger partial charge in [-0.05, 0) is 0 Å². The molecule has 1 atom stereocenters. The van der Waals surface area contributed by atoms with Gasteiger partial charge in [-0.25, -0.2) is 5.11 Å². The number of hydrogen-bond donors (Lipinski definition) is 0. The summed E-state index contributed by atoms with van der Waals surface area (Å²) in [5.74, 6) is 0. The van der Waals surface area contributed by atoms with E-state index in [0.717, 1.165) is 0 Å². The number of hydrogen-bond acceptors (Lipinski definition) is 2. The summed E-state index contributed by atoms with van der Waals surface area (Å²) in [6.45, 7) is -0.495. The van der Waals surface area contributed by atoms with E-state index in [-0.39, 0.29) is 5.33 Å². The Morgan fingerprint density at radius 3 is 2.38 bits per heavy atom. The third-order valence-electron chi connectivity index (χ3n) is 0.525. The van der Waals surface area contributed by atoms with Crippen molar-refractivity contribution in [3.63, 3.8) is 0 Å². The molecule has 1 radical (unpaired) electrons. The highest BCUT2D eigenvalue weighted by molar-refractivity contribution is 9.09. The maximum absolute atomic E-state index is 10.2. The predicted molar refractivity (Wildman–Crippen MR) is 30.1 cm³/mol. The summed E-state index contributed by atoms with van der Waals surface area (Å²) >= 11 is 2.83. The first-order chi connectivity index (χ1) is 3.66. The molecule has 5 heteroatoms. The average molecular weight is 183 g/mol. The van der Waals surface area contributed by atoms with Crippen LogP contribution in [0.15, 0.2) is 0 Å². The van der Waals surface area contributed by atoms with Crippen molar-refractivity contribution < 1.29 is 10.0 Å². The van der Waals surface area contributed by atoms with Crippen molar-refractivity contribution in [3.05, 3.63) is 10.1 Å². The smallest absolute Gasteiger partial charge is 0.233 e. The Balaban J connectivity index is 3.24. The zero-order valence-corrected chi connectivity index (χ0v) is 5.63. The standard InChI is InChI=1S/C3H5BrNO3/c4-1-3(6)2-5(7)8/h3H,1-2H2. The fourth-order valence-electron chi connectivity index (χ4n) is 0.215. The number of alkyl halides is 1. The van der Waals surface area contributed by atoms with Crippen LogP contribution in [0, 0.1) is 10.1 Å². The van der Waals surface area contributed by atoms with E-state index >= 15 is 0 Å². The Kier molecular flexibility index (Phi) is 3.72. The van der Waals surface area contributed by atoms with E-state index in [1.165, 1.54) is 0 Å². The van der Waals surface area contributed by atoms with E-state index in [1.54, 1.807) is 0 Å². The molecule has 0 aliphatic carbocycles. The van der Waals surface area contributed by atoms with Gasteiger partial charge in [-0.2, -0.15) is 0 Å². The molecule has 0 aliphatic heterocycles. The monoisotopic (exact) mass is 182 g/mol. The number of rotatable bonds is 3. The molecule has 47 valence electrons. The van der Waals surface area contributed by atoms with E-state index < -0.39 is 17.6 Å². The predicted octanol–water partition coefficient (Wildman–Crippen LogP) is 0.457. The second-order valence-corrected chi connectivity index (χ2v) is 1.94. The highest BCUT2D eigenvalue weighted by Gasteiger charge is 2.09. The second-order valence-electron chi connectivity index (χ2n) is 1.29. The average Bonchev–Trinajstić information content (AvgIpc) is 1.65. The van der Waals surface area contributed by atoms with Crippen LogP contribution < -0.4 is 0 Å². The van der Waals surface area contributed by atoms with Gasteiger partial charge in [-0.3, -0.25) is 10.1 Å². The minimum absolute atomic E-state index is 0.147. The quantitative estimate of drug-likeness (QED) is 0.362. The summed E-state index contributed by atoms with van der Waals surface area (Å²) in [5, 5.41) is 19.9. The van der Waals surface area contributed by atoms with Crippen LogP contribution in [0.3, 0.4) is 0 Å². The first kappa shape index (κ1) is 7.84. The van der Waals surface area contributed by atoms with Crippen LogP contribution in [0.4, 0.5) is 0 Å². The van der Waals surface area contributed by atoms with E-state index in [4.69, 9.17) is 0 Å². The van der Waals surface area contributed by atoms with Gasteiger partial charge in [0.1, 0.15) is 0 Å². The molecule has 0 aromatic rings. The van der Waals surface area contributed by atoms with Crippen LogP contribution in [-0.2, 0) is 5.11 Å². The zero-order valence-electron chi connectivity index (χ0n) is 4.04. The summed E-state index contributed by atoms with van der Waals surface area (Å²) in [5.41, 5.74) is 0. The minimum Gasteiger partial charge on any atom is -0.264 e. The highest BCUT2D eigenvalue weighted by atomic mass is 79.9. The number of nitrogens with zero attached hydrogens (tertiary/aromatic N) is 1. The van der Waals surface area contributed by atoms with Crippen molar-refractivity contribution in [1.82, 2.24) is 0 Å². The normalized spacial score (nSPS) is 13.2. The molecule has 4 nitrogen and oxygen atoms in total. The van der Waals surface area contributed by atoms with E-state index in [1.807, 2.05) is 0 Å². The molecule has 0 rings (SSSR count). The molecule has 0 amide bonds.